The molecule has 1 aliphatic carbocycles. The van der Waals surface area contributed by atoms with Crippen LogP contribution in [-0.2, 0) is 11.3 Å². The number of fused-ring (bicyclic) bond motifs is 1. The number of carbonyl (C=O) groups excluding carboxylic acids is 2. The second kappa shape index (κ2) is 9.65. The molecule has 2 fully saturated rings. The maximum Gasteiger partial charge on any atom is 0.254 e. The SMILES string of the molecule is O=C(c1ccc(-c2cccc3cc[nH]c23)cc1)N(Cc1ccccc1)C[C@@H]1CCN(C(=O)C2CC2)C1. The average Bonchev–Trinajstić information content (AvgIpc) is 3.47. The van der Waals surface area contributed by atoms with Crippen LogP contribution in [-0.4, -0.2) is 46.2 Å². The molecule has 3 aromatic carbocycles. The maximum absolute atomic E-state index is 13.7. The van der Waals surface area contributed by atoms with Crippen LogP contribution in [0.15, 0.2) is 85.1 Å². The third kappa shape index (κ3) is 4.66. The molecule has 1 saturated carbocycles. The first-order chi connectivity index (χ1) is 17.7. The Hall–Kier alpha value is -3.86. The van der Waals surface area contributed by atoms with E-state index < -0.39 is 0 Å². The van der Waals surface area contributed by atoms with Crippen molar-refractivity contribution in [1.29, 1.82) is 0 Å². The normalized spacial score (nSPS) is 17.4. The molecular formula is C31H31N3O2. The van der Waals surface area contributed by atoms with Gasteiger partial charge in [-0.1, -0.05) is 60.7 Å². The van der Waals surface area contributed by atoms with Gasteiger partial charge in [0.25, 0.3) is 5.91 Å². The smallest absolute Gasteiger partial charge is 0.254 e. The molecule has 4 aromatic rings. The predicted molar refractivity (Wildman–Crippen MR) is 142 cm³/mol. The molecule has 5 heteroatoms. The van der Waals surface area contributed by atoms with Gasteiger partial charge >= 0.3 is 0 Å². The number of likely N-dealkylation sites (tertiary alicyclic amines) is 1. The van der Waals surface area contributed by atoms with Crippen molar-refractivity contribution >= 4 is 22.7 Å². The summed E-state index contributed by atoms with van der Waals surface area (Å²) in [5.41, 5.74) is 5.12. The zero-order chi connectivity index (χ0) is 24.5. The lowest BCUT2D eigenvalue weighted by molar-refractivity contribution is -0.131. The summed E-state index contributed by atoms with van der Waals surface area (Å²) in [5, 5.41) is 1.17. The summed E-state index contributed by atoms with van der Waals surface area (Å²) in [6, 6.07) is 26.4. The van der Waals surface area contributed by atoms with Crippen LogP contribution < -0.4 is 0 Å². The summed E-state index contributed by atoms with van der Waals surface area (Å²) in [7, 11) is 0. The number of nitrogens with one attached hydrogen (secondary N) is 1. The Morgan fingerprint density at radius 2 is 1.69 bits per heavy atom. The predicted octanol–water partition coefficient (Wildman–Crippen LogP) is 5.74. The number of rotatable bonds is 7. The van der Waals surface area contributed by atoms with Crippen LogP contribution in [0, 0.1) is 11.8 Å². The highest BCUT2D eigenvalue weighted by Gasteiger charge is 2.37. The Morgan fingerprint density at radius 1 is 0.889 bits per heavy atom. The van der Waals surface area contributed by atoms with Crippen molar-refractivity contribution < 1.29 is 9.59 Å². The molecule has 2 amide bonds. The molecule has 2 aliphatic rings. The highest BCUT2D eigenvalue weighted by atomic mass is 16.2. The van der Waals surface area contributed by atoms with Crippen molar-refractivity contribution in [2.45, 2.75) is 25.8 Å². The van der Waals surface area contributed by atoms with Gasteiger partial charge in [0.2, 0.25) is 5.91 Å². The standard InChI is InChI=1S/C31H31N3O2/c35-30(26-13-14-26)33-18-16-23(20-33)21-34(19-22-5-2-1-3-6-22)31(36)27-11-9-24(10-12-27)28-8-4-7-25-15-17-32-29(25)28/h1-12,15,17,23,26,32H,13-14,16,18-21H2/t23-/m1/s1. The van der Waals surface area contributed by atoms with Crippen molar-refractivity contribution in [2.24, 2.45) is 11.8 Å². The van der Waals surface area contributed by atoms with E-state index in [0.29, 0.717) is 30.5 Å². The Kier molecular flexibility index (Phi) is 6.06. The summed E-state index contributed by atoms with van der Waals surface area (Å²) < 4.78 is 0. The molecule has 0 unspecified atom stereocenters. The highest BCUT2D eigenvalue weighted by Crippen LogP contribution is 2.33. The van der Waals surface area contributed by atoms with Gasteiger partial charge in [-0.3, -0.25) is 9.59 Å². The molecule has 1 saturated heterocycles. The molecule has 182 valence electrons. The van der Waals surface area contributed by atoms with Crippen molar-refractivity contribution in [3.63, 3.8) is 0 Å². The first kappa shape index (κ1) is 22.6. The van der Waals surface area contributed by atoms with E-state index in [-0.39, 0.29) is 11.8 Å². The van der Waals surface area contributed by atoms with Gasteiger partial charge in [0.15, 0.2) is 0 Å². The van der Waals surface area contributed by atoms with Crippen LogP contribution in [0.2, 0.25) is 0 Å². The summed E-state index contributed by atoms with van der Waals surface area (Å²) in [6.07, 6.45) is 4.98. The molecule has 0 radical (unpaired) electrons. The molecule has 1 atom stereocenters. The fourth-order valence-electron chi connectivity index (χ4n) is 5.41. The second-order valence-electron chi connectivity index (χ2n) is 10.2. The van der Waals surface area contributed by atoms with E-state index >= 15 is 0 Å². The van der Waals surface area contributed by atoms with Gasteiger partial charge in [-0.25, -0.2) is 0 Å². The number of nitrogens with zero attached hydrogens (tertiary/aromatic N) is 2. The minimum atomic E-state index is 0.0375. The summed E-state index contributed by atoms with van der Waals surface area (Å²) in [4.78, 5) is 33.6. The summed E-state index contributed by atoms with van der Waals surface area (Å²) >= 11 is 0. The van der Waals surface area contributed by atoms with E-state index in [9.17, 15) is 9.59 Å². The first-order valence-corrected chi connectivity index (χ1v) is 12.9. The van der Waals surface area contributed by atoms with Gasteiger partial charge in [-0.15, -0.1) is 0 Å². The third-order valence-corrected chi connectivity index (χ3v) is 7.54. The number of aromatic nitrogens is 1. The van der Waals surface area contributed by atoms with Crippen LogP contribution in [0.5, 0.6) is 0 Å². The van der Waals surface area contributed by atoms with E-state index in [4.69, 9.17) is 0 Å². The third-order valence-electron chi connectivity index (χ3n) is 7.54. The number of hydrogen-bond donors (Lipinski definition) is 1. The molecule has 1 aliphatic heterocycles. The molecule has 0 spiro atoms. The van der Waals surface area contributed by atoms with Gasteiger partial charge in [-0.2, -0.15) is 0 Å². The highest BCUT2D eigenvalue weighted by molar-refractivity contribution is 5.97. The van der Waals surface area contributed by atoms with Crippen LogP contribution in [0.1, 0.15) is 35.2 Å². The van der Waals surface area contributed by atoms with Gasteiger partial charge in [-0.05, 0) is 59.9 Å². The van der Waals surface area contributed by atoms with E-state index in [1.807, 2.05) is 58.5 Å². The van der Waals surface area contributed by atoms with E-state index in [0.717, 1.165) is 54.6 Å². The fourth-order valence-corrected chi connectivity index (χ4v) is 5.41. The zero-order valence-corrected chi connectivity index (χ0v) is 20.4. The maximum atomic E-state index is 13.7. The Labute approximate surface area is 211 Å². The van der Waals surface area contributed by atoms with E-state index in [2.05, 4.69) is 41.4 Å². The number of para-hydroxylation sites is 1. The number of aromatic amines is 1. The molecule has 2 heterocycles. The molecule has 6 rings (SSSR count). The minimum Gasteiger partial charge on any atom is -0.361 e. The molecular weight excluding hydrogens is 446 g/mol. The van der Waals surface area contributed by atoms with Gasteiger partial charge in [0.05, 0.1) is 5.52 Å². The van der Waals surface area contributed by atoms with Crippen molar-refractivity contribution in [3.05, 3.63) is 96.2 Å². The molecule has 0 bridgehead atoms. The van der Waals surface area contributed by atoms with Crippen LogP contribution in [0.25, 0.3) is 22.0 Å². The molecule has 1 aromatic heterocycles. The van der Waals surface area contributed by atoms with Gasteiger partial charge in [0.1, 0.15) is 0 Å². The average molecular weight is 478 g/mol. The number of amides is 2. The largest absolute Gasteiger partial charge is 0.361 e. The monoisotopic (exact) mass is 477 g/mol. The number of H-pyrrole nitrogens is 1. The van der Waals surface area contributed by atoms with Gasteiger partial charge in [0, 0.05) is 49.4 Å². The van der Waals surface area contributed by atoms with Crippen LogP contribution >= 0.6 is 0 Å². The summed E-state index contributed by atoms with van der Waals surface area (Å²) in [5.74, 6) is 0.910. The van der Waals surface area contributed by atoms with Crippen LogP contribution in [0.3, 0.4) is 0 Å². The van der Waals surface area contributed by atoms with Crippen molar-refractivity contribution in [1.82, 2.24) is 14.8 Å². The number of benzene rings is 3. The molecule has 5 nitrogen and oxygen atoms in total. The van der Waals surface area contributed by atoms with E-state index in [1.165, 1.54) is 5.39 Å². The van der Waals surface area contributed by atoms with E-state index in [1.54, 1.807) is 0 Å². The Balaban J connectivity index is 1.21. The van der Waals surface area contributed by atoms with Crippen molar-refractivity contribution in [2.75, 3.05) is 19.6 Å². The Morgan fingerprint density at radius 3 is 2.47 bits per heavy atom. The second-order valence-corrected chi connectivity index (χ2v) is 10.2. The topological polar surface area (TPSA) is 56.4 Å². The fraction of sp³-hybridized carbons (Fsp3) is 0.290. The number of carbonyl (C=O) groups is 2. The van der Waals surface area contributed by atoms with Crippen molar-refractivity contribution in [3.8, 4) is 11.1 Å². The first-order valence-electron chi connectivity index (χ1n) is 12.9. The lowest BCUT2D eigenvalue weighted by Crippen LogP contribution is -2.37. The zero-order valence-electron chi connectivity index (χ0n) is 20.4. The number of hydrogen-bond acceptors (Lipinski definition) is 2. The Bertz CT molecular complexity index is 1370. The lowest BCUT2D eigenvalue weighted by Gasteiger charge is -2.26. The summed E-state index contributed by atoms with van der Waals surface area (Å²) in [6.45, 7) is 2.79. The lowest BCUT2D eigenvalue weighted by atomic mass is 10.0. The minimum absolute atomic E-state index is 0.0375. The molecule has 1 N–H and O–H groups in total. The van der Waals surface area contributed by atoms with Gasteiger partial charge < -0.3 is 14.8 Å². The quantitative estimate of drug-likeness (QED) is 0.369. The molecule has 36 heavy (non-hydrogen) atoms. The van der Waals surface area contributed by atoms with Crippen LogP contribution in [0.4, 0.5) is 0 Å².